The van der Waals surface area contributed by atoms with Crippen molar-refractivity contribution >= 4 is 11.9 Å². The van der Waals surface area contributed by atoms with Crippen molar-refractivity contribution in [1.82, 2.24) is 19.9 Å². The molecule has 1 saturated heterocycles. The molecule has 2 heterocycles. The van der Waals surface area contributed by atoms with Crippen LogP contribution in [0.2, 0.25) is 0 Å². The summed E-state index contributed by atoms with van der Waals surface area (Å²) >= 11 is 0. The minimum atomic E-state index is -0.973. The molecular formula is C16H18N4O3. The molecule has 0 unspecified atom stereocenters. The summed E-state index contributed by atoms with van der Waals surface area (Å²) in [6, 6.07) is 6.95. The number of likely N-dealkylation sites (tertiary alicyclic amines) is 1. The molecule has 120 valence electrons. The third kappa shape index (κ3) is 2.69. The molecule has 0 bridgehead atoms. The molecule has 7 nitrogen and oxygen atoms in total. The zero-order chi connectivity index (χ0) is 16.6. The van der Waals surface area contributed by atoms with Gasteiger partial charge in [0.05, 0.1) is 11.4 Å². The van der Waals surface area contributed by atoms with Crippen LogP contribution in [0.1, 0.15) is 34.6 Å². The molecule has 1 fully saturated rings. The fraction of sp³-hybridized carbons (Fsp3) is 0.375. The van der Waals surface area contributed by atoms with Crippen LogP contribution >= 0.6 is 0 Å². The number of carboxylic acids is 1. The SMILES string of the molecule is Cc1ccc(-n2nnc(C(=O)N3CCC[C@@H]3C(=O)O)c2C)cc1. The first-order valence-electron chi connectivity index (χ1n) is 7.52. The number of aryl methyl sites for hydroxylation is 1. The molecule has 1 N–H and O–H groups in total. The summed E-state index contributed by atoms with van der Waals surface area (Å²) in [5.74, 6) is -1.34. The van der Waals surface area contributed by atoms with Crippen molar-refractivity contribution in [2.45, 2.75) is 32.7 Å². The molecule has 1 amide bonds. The van der Waals surface area contributed by atoms with Crippen molar-refractivity contribution in [3.8, 4) is 5.69 Å². The van der Waals surface area contributed by atoms with Crippen LogP contribution in [-0.4, -0.2) is 49.5 Å². The van der Waals surface area contributed by atoms with Gasteiger partial charge in [0.15, 0.2) is 5.69 Å². The van der Waals surface area contributed by atoms with E-state index in [0.29, 0.717) is 25.1 Å². The van der Waals surface area contributed by atoms with E-state index in [2.05, 4.69) is 10.3 Å². The molecule has 3 rings (SSSR count). The van der Waals surface area contributed by atoms with Gasteiger partial charge in [-0.25, -0.2) is 9.48 Å². The first kappa shape index (κ1) is 15.2. The van der Waals surface area contributed by atoms with Crippen LogP contribution < -0.4 is 0 Å². The minimum Gasteiger partial charge on any atom is -0.480 e. The average Bonchev–Trinajstić information content (AvgIpc) is 3.14. The maximum Gasteiger partial charge on any atom is 0.326 e. The number of benzene rings is 1. The van der Waals surface area contributed by atoms with E-state index in [9.17, 15) is 14.7 Å². The standard InChI is InChI=1S/C16H18N4O3/c1-10-5-7-12(8-6-10)20-11(2)14(17-18-20)15(21)19-9-3-4-13(19)16(22)23/h5-8,13H,3-4,9H2,1-2H3,(H,22,23)/t13-/m1/s1. The maximum atomic E-state index is 12.6. The van der Waals surface area contributed by atoms with Crippen LogP contribution in [0.15, 0.2) is 24.3 Å². The Labute approximate surface area is 133 Å². The third-order valence-electron chi connectivity index (χ3n) is 4.17. The zero-order valence-electron chi connectivity index (χ0n) is 13.1. The van der Waals surface area contributed by atoms with Gasteiger partial charge in [0.1, 0.15) is 6.04 Å². The summed E-state index contributed by atoms with van der Waals surface area (Å²) < 4.78 is 1.60. The van der Waals surface area contributed by atoms with E-state index in [1.165, 1.54) is 4.90 Å². The lowest BCUT2D eigenvalue weighted by Crippen LogP contribution is -2.40. The Morgan fingerprint density at radius 1 is 1.22 bits per heavy atom. The maximum absolute atomic E-state index is 12.6. The number of aromatic nitrogens is 3. The number of hydrogen-bond acceptors (Lipinski definition) is 4. The monoisotopic (exact) mass is 314 g/mol. The Morgan fingerprint density at radius 3 is 2.57 bits per heavy atom. The van der Waals surface area contributed by atoms with Gasteiger partial charge in [-0.05, 0) is 38.8 Å². The smallest absolute Gasteiger partial charge is 0.326 e. The van der Waals surface area contributed by atoms with Crippen LogP contribution in [0, 0.1) is 13.8 Å². The molecule has 7 heteroatoms. The zero-order valence-corrected chi connectivity index (χ0v) is 13.1. The average molecular weight is 314 g/mol. The van der Waals surface area contributed by atoms with Crippen molar-refractivity contribution in [2.75, 3.05) is 6.54 Å². The summed E-state index contributed by atoms with van der Waals surface area (Å²) in [4.78, 5) is 25.3. The number of carboxylic acid groups (broad SMARTS) is 1. The van der Waals surface area contributed by atoms with Crippen molar-refractivity contribution in [3.05, 3.63) is 41.2 Å². The van der Waals surface area contributed by atoms with Crippen LogP contribution in [0.5, 0.6) is 0 Å². The van der Waals surface area contributed by atoms with Gasteiger partial charge in [-0.2, -0.15) is 0 Å². The second-order valence-corrected chi connectivity index (χ2v) is 5.77. The molecule has 23 heavy (non-hydrogen) atoms. The molecule has 0 spiro atoms. The number of nitrogens with zero attached hydrogens (tertiary/aromatic N) is 4. The van der Waals surface area contributed by atoms with Crippen molar-refractivity contribution < 1.29 is 14.7 Å². The molecule has 1 aromatic carbocycles. The van der Waals surface area contributed by atoms with Gasteiger partial charge in [-0.3, -0.25) is 4.79 Å². The molecule has 0 saturated carbocycles. The van der Waals surface area contributed by atoms with E-state index in [1.54, 1.807) is 11.6 Å². The first-order chi connectivity index (χ1) is 11.0. The lowest BCUT2D eigenvalue weighted by atomic mass is 10.2. The predicted molar refractivity (Wildman–Crippen MR) is 82.5 cm³/mol. The summed E-state index contributed by atoms with van der Waals surface area (Å²) in [6.45, 7) is 4.19. The van der Waals surface area contributed by atoms with Gasteiger partial charge >= 0.3 is 5.97 Å². The van der Waals surface area contributed by atoms with Crippen molar-refractivity contribution in [1.29, 1.82) is 0 Å². The minimum absolute atomic E-state index is 0.207. The van der Waals surface area contributed by atoms with Crippen LogP contribution in [0.25, 0.3) is 5.69 Å². The lowest BCUT2D eigenvalue weighted by molar-refractivity contribution is -0.141. The van der Waals surface area contributed by atoms with Crippen molar-refractivity contribution in [2.24, 2.45) is 0 Å². The quantitative estimate of drug-likeness (QED) is 0.929. The fourth-order valence-corrected chi connectivity index (χ4v) is 2.86. The summed E-state index contributed by atoms with van der Waals surface area (Å²) in [7, 11) is 0. The lowest BCUT2D eigenvalue weighted by Gasteiger charge is -2.20. The van der Waals surface area contributed by atoms with Gasteiger partial charge in [0, 0.05) is 6.54 Å². The summed E-state index contributed by atoms with van der Waals surface area (Å²) in [6.07, 6.45) is 1.17. The molecule has 1 aromatic heterocycles. The van der Waals surface area contributed by atoms with Crippen molar-refractivity contribution in [3.63, 3.8) is 0 Å². The molecule has 1 atom stereocenters. The van der Waals surface area contributed by atoms with Gasteiger partial charge in [0.2, 0.25) is 0 Å². The van der Waals surface area contributed by atoms with Gasteiger partial charge in [-0.1, -0.05) is 22.9 Å². The topological polar surface area (TPSA) is 88.3 Å². The number of carbonyl (C=O) groups is 2. The largest absolute Gasteiger partial charge is 0.480 e. The molecule has 1 aliphatic rings. The Morgan fingerprint density at radius 2 is 1.91 bits per heavy atom. The number of carbonyl (C=O) groups excluding carboxylic acids is 1. The van der Waals surface area contributed by atoms with Gasteiger partial charge in [-0.15, -0.1) is 5.10 Å². The van der Waals surface area contributed by atoms with E-state index in [4.69, 9.17) is 0 Å². The first-order valence-corrected chi connectivity index (χ1v) is 7.52. The third-order valence-corrected chi connectivity index (χ3v) is 4.17. The molecule has 0 aliphatic carbocycles. The summed E-state index contributed by atoms with van der Waals surface area (Å²) in [5.41, 5.74) is 2.76. The second kappa shape index (κ2) is 5.83. The second-order valence-electron chi connectivity index (χ2n) is 5.77. The predicted octanol–water partition coefficient (Wildman–Crippen LogP) is 1.57. The van der Waals surface area contributed by atoms with E-state index >= 15 is 0 Å². The number of aliphatic carboxylic acids is 1. The van der Waals surface area contributed by atoms with Crippen LogP contribution in [0.4, 0.5) is 0 Å². The molecular weight excluding hydrogens is 296 g/mol. The Balaban J connectivity index is 1.91. The fourth-order valence-electron chi connectivity index (χ4n) is 2.86. The van der Waals surface area contributed by atoms with Gasteiger partial charge in [0.25, 0.3) is 5.91 Å². The number of hydrogen-bond donors (Lipinski definition) is 1. The summed E-state index contributed by atoms with van der Waals surface area (Å²) in [5, 5.41) is 17.3. The van der Waals surface area contributed by atoms with Gasteiger partial charge < -0.3 is 10.0 Å². The highest BCUT2D eigenvalue weighted by Crippen LogP contribution is 2.21. The molecule has 2 aromatic rings. The number of rotatable bonds is 3. The van der Waals surface area contributed by atoms with Crippen LogP contribution in [-0.2, 0) is 4.79 Å². The van der Waals surface area contributed by atoms with E-state index < -0.39 is 12.0 Å². The Hall–Kier alpha value is -2.70. The van der Waals surface area contributed by atoms with E-state index in [1.807, 2.05) is 31.2 Å². The Kier molecular flexibility index (Phi) is 3.85. The Bertz CT molecular complexity index is 751. The van der Waals surface area contributed by atoms with Crippen LogP contribution in [0.3, 0.4) is 0 Å². The van der Waals surface area contributed by atoms with E-state index in [-0.39, 0.29) is 11.6 Å². The highest BCUT2D eigenvalue weighted by molar-refractivity contribution is 5.96. The normalized spacial score (nSPS) is 17.5. The molecule has 1 aliphatic heterocycles. The number of amides is 1. The highest BCUT2D eigenvalue weighted by Gasteiger charge is 2.36. The highest BCUT2D eigenvalue weighted by atomic mass is 16.4. The van der Waals surface area contributed by atoms with E-state index in [0.717, 1.165) is 11.3 Å². The molecule has 0 radical (unpaired) electrons.